The van der Waals surface area contributed by atoms with Crippen molar-refractivity contribution in [2.45, 2.75) is 52.1 Å². The van der Waals surface area contributed by atoms with Crippen LogP contribution in [0.5, 0.6) is 0 Å². The van der Waals surface area contributed by atoms with Gasteiger partial charge in [-0.15, -0.1) is 0 Å². The van der Waals surface area contributed by atoms with Crippen LogP contribution in [0.2, 0.25) is 0 Å². The molecule has 2 heterocycles. The fourth-order valence-corrected chi connectivity index (χ4v) is 2.16. The normalized spacial score (nSPS) is 30.4. The predicted octanol–water partition coefficient (Wildman–Crippen LogP) is 2.93. The van der Waals surface area contributed by atoms with Gasteiger partial charge in [-0.05, 0) is 39.3 Å². The highest BCUT2D eigenvalue weighted by Crippen LogP contribution is 2.35. The maximum Gasteiger partial charge on any atom is 0.199 e. The Bertz CT molecular complexity index is 343. The Morgan fingerprint density at radius 1 is 1.47 bits per heavy atom. The van der Waals surface area contributed by atoms with Gasteiger partial charge in [-0.1, -0.05) is 0 Å². The van der Waals surface area contributed by atoms with Crippen LogP contribution in [0, 0.1) is 6.92 Å². The number of nitrogens with one attached hydrogen (secondary N) is 1. The molecule has 2 unspecified atom stereocenters. The van der Waals surface area contributed by atoms with E-state index in [1.165, 1.54) is 5.56 Å². The molecule has 1 aromatic heterocycles. The quantitative estimate of drug-likeness (QED) is 0.771. The molecule has 0 spiro atoms. The topological polar surface area (TPSA) is 34.2 Å². The second-order valence-corrected chi connectivity index (χ2v) is 4.93. The summed E-state index contributed by atoms with van der Waals surface area (Å²) in [6.07, 6.45) is 2.84. The van der Waals surface area contributed by atoms with Gasteiger partial charge in [-0.2, -0.15) is 0 Å². The number of H-pyrrole nitrogens is 1. The fourth-order valence-electron chi connectivity index (χ4n) is 2.16. The molecule has 1 aliphatic heterocycles. The Kier molecular flexibility index (Phi) is 2.61. The van der Waals surface area contributed by atoms with Crippen LogP contribution in [0.25, 0.3) is 0 Å². The third-order valence-electron chi connectivity index (χ3n) is 2.79. The number of rotatable bonds is 1. The second kappa shape index (κ2) is 3.65. The standard InChI is InChI=1S/C12H19NO2/c1-8-5-6-13-10(8)11-14-9(2)7-12(3,4)15-11/h5-6,9,11,13H,7H2,1-4H3. The lowest BCUT2D eigenvalue weighted by molar-refractivity contribution is -0.275. The molecular weight excluding hydrogens is 190 g/mol. The van der Waals surface area contributed by atoms with Gasteiger partial charge in [-0.3, -0.25) is 0 Å². The first-order valence-electron chi connectivity index (χ1n) is 5.45. The zero-order chi connectivity index (χ0) is 11.1. The number of aromatic nitrogens is 1. The van der Waals surface area contributed by atoms with Crippen LogP contribution in [-0.2, 0) is 9.47 Å². The minimum absolute atomic E-state index is 0.111. The highest BCUT2D eigenvalue weighted by atomic mass is 16.7. The molecule has 0 bridgehead atoms. The smallest absolute Gasteiger partial charge is 0.199 e. The third kappa shape index (κ3) is 2.24. The molecule has 0 saturated carbocycles. The van der Waals surface area contributed by atoms with E-state index < -0.39 is 0 Å². The Morgan fingerprint density at radius 2 is 2.20 bits per heavy atom. The molecule has 0 aromatic carbocycles. The van der Waals surface area contributed by atoms with Crippen LogP contribution in [-0.4, -0.2) is 16.7 Å². The number of ether oxygens (including phenoxy) is 2. The molecule has 2 rings (SSSR count). The second-order valence-electron chi connectivity index (χ2n) is 4.93. The van der Waals surface area contributed by atoms with Crippen LogP contribution in [0.15, 0.2) is 12.3 Å². The summed E-state index contributed by atoms with van der Waals surface area (Å²) in [4.78, 5) is 3.18. The molecule has 3 nitrogen and oxygen atoms in total. The summed E-state index contributed by atoms with van der Waals surface area (Å²) < 4.78 is 11.7. The van der Waals surface area contributed by atoms with E-state index in [-0.39, 0.29) is 18.0 Å². The average Bonchev–Trinajstić information content (AvgIpc) is 2.47. The molecule has 1 N–H and O–H groups in total. The zero-order valence-corrected chi connectivity index (χ0v) is 9.83. The number of aromatic amines is 1. The van der Waals surface area contributed by atoms with Gasteiger partial charge in [0.25, 0.3) is 0 Å². The lowest BCUT2D eigenvalue weighted by Gasteiger charge is -2.39. The van der Waals surface area contributed by atoms with Crippen molar-refractivity contribution in [2.75, 3.05) is 0 Å². The van der Waals surface area contributed by atoms with E-state index in [4.69, 9.17) is 9.47 Å². The molecule has 15 heavy (non-hydrogen) atoms. The minimum Gasteiger partial charge on any atom is -0.361 e. The molecule has 84 valence electrons. The Balaban J connectivity index is 2.20. The molecule has 0 amide bonds. The van der Waals surface area contributed by atoms with Crippen molar-refractivity contribution in [3.05, 3.63) is 23.5 Å². The number of hydrogen-bond donors (Lipinski definition) is 1. The molecule has 2 atom stereocenters. The van der Waals surface area contributed by atoms with Gasteiger partial charge < -0.3 is 14.5 Å². The Hall–Kier alpha value is -0.800. The van der Waals surface area contributed by atoms with Gasteiger partial charge >= 0.3 is 0 Å². The highest BCUT2D eigenvalue weighted by Gasteiger charge is 2.35. The van der Waals surface area contributed by atoms with E-state index in [2.05, 4.69) is 32.7 Å². The van der Waals surface area contributed by atoms with Crippen molar-refractivity contribution in [3.8, 4) is 0 Å². The van der Waals surface area contributed by atoms with Crippen molar-refractivity contribution >= 4 is 0 Å². The summed E-state index contributed by atoms with van der Waals surface area (Å²) in [7, 11) is 0. The van der Waals surface area contributed by atoms with Crippen molar-refractivity contribution < 1.29 is 9.47 Å². The fraction of sp³-hybridized carbons (Fsp3) is 0.667. The van der Waals surface area contributed by atoms with E-state index in [0.717, 1.165) is 12.1 Å². The molecule has 1 aromatic rings. The van der Waals surface area contributed by atoms with E-state index in [1.54, 1.807) is 0 Å². The van der Waals surface area contributed by atoms with Gasteiger partial charge in [0.2, 0.25) is 0 Å². The zero-order valence-electron chi connectivity index (χ0n) is 9.83. The van der Waals surface area contributed by atoms with Crippen molar-refractivity contribution in [1.29, 1.82) is 0 Å². The first-order chi connectivity index (χ1) is 6.98. The van der Waals surface area contributed by atoms with Crippen LogP contribution >= 0.6 is 0 Å². The molecule has 0 aliphatic carbocycles. The summed E-state index contributed by atoms with van der Waals surface area (Å²) in [5.41, 5.74) is 2.11. The molecule has 1 aliphatic rings. The van der Waals surface area contributed by atoms with Gasteiger partial charge in [0.1, 0.15) is 0 Å². The number of hydrogen-bond acceptors (Lipinski definition) is 2. The maximum absolute atomic E-state index is 5.92. The summed E-state index contributed by atoms with van der Waals surface area (Å²) >= 11 is 0. The van der Waals surface area contributed by atoms with E-state index in [0.29, 0.717) is 0 Å². The van der Waals surface area contributed by atoms with Crippen molar-refractivity contribution in [3.63, 3.8) is 0 Å². The van der Waals surface area contributed by atoms with Gasteiger partial charge in [0, 0.05) is 12.6 Å². The van der Waals surface area contributed by atoms with Crippen molar-refractivity contribution in [2.24, 2.45) is 0 Å². The first kappa shape index (κ1) is 10.7. The summed E-state index contributed by atoms with van der Waals surface area (Å²) in [6, 6.07) is 2.04. The third-order valence-corrected chi connectivity index (χ3v) is 2.79. The average molecular weight is 209 g/mol. The molecule has 1 fully saturated rings. The van der Waals surface area contributed by atoms with Crippen LogP contribution in [0.3, 0.4) is 0 Å². The predicted molar refractivity (Wildman–Crippen MR) is 58.6 cm³/mol. The van der Waals surface area contributed by atoms with Crippen molar-refractivity contribution in [1.82, 2.24) is 4.98 Å². The first-order valence-corrected chi connectivity index (χ1v) is 5.45. The summed E-state index contributed by atoms with van der Waals surface area (Å²) in [5, 5.41) is 0. The van der Waals surface area contributed by atoms with E-state index >= 15 is 0 Å². The summed E-state index contributed by atoms with van der Waals surface area (Å²) in [5.74, 6) is 0. The van der Waals surface area contributed by atoms with E-state index in [9.17, 15) is 0 Å². The number of aryl methyl sites for hydroxylation is 1. The van der Waals surface area contributed by atoms with Crippen LogP contribution < -0.4 is 0 Å². The van der Waals surface area contributed by atoms with Gasteiger partial charge in [-0.25, -0.2) is 0 Å². The van der Waals surface area contributed by atoms with Gasteiger partial charge in [0.15, 0.2) is 6.29 Å². The Labute approximate surface area is 90.8 Å². The van der Waals surface area contributed by atoms with E-state index in [1.807, 2.05) is 12.3 Å². The molecule has 0 radical (unpaired) electrons. The largest absolute Gasteiger partial charge is 0.361 e. The Morgan fingerprint density at radius 3 is 2.73 bits per heavy atom. The monoisotopic (exact) mass is 209 g/mol. The highest BCUT2D eigenvalue weighted by molar-refractivity contribution is 5.20. The molecular formula is C12H19NO2. The molecule has 3 heteroatoms. The lowest BCUT2D eigenvalue weighted by atomic mass is 9.99. The SMILES string of the molecule is Cc1cc[nH]c1C1OC(C)CC(C)(C)O1. The maximum atomic E-state index is 5.92. The molecule has 1 saturated heterocycles. The van der Waals surface area contributed by atoms with Crippen LogP contribution in [0.4, 0.5) is 0 Å². The minimum atomic E-state index is -0.251. The van der Waals surface area contributed by atoms with Crippen LogP contribution in [0.1, 0.15) is 44.7 Å². The lowest BCUT2D eigenvalue weighted by Crippen LogP contribution is -2.39. The summed E-state index contributed by atoms with van der Waals surface area (Å²) in [6.45, 7) is 8.37. The van der Waals surface area contributed by atoms with Gasteiger partial charge in [0.05, 0.1) is 17.4 Å².